The summed E-state index contributed by atoms with van der Waals surface area (Å²) in [5.74, 6) is 0.708. The van der Waals surface area contributed by atoms with Crippen molar-refractivity contribution in [1.82, 2.24) is 15.1 Å². The number of ether oxygens (including phenoxy) is 1. The maximum absolute atomic E-state index is 13.3. The Morgan fingerprint density at radius 1 is 1.18 bits per heavy atom. The first-order chi connectivity index (χ1) is 19.0. The molecule has 9 nitrogen and oxygen atoms in total. The number of nitro benzene ring substituents is 1. The number of halogens is 3. The highest BCUT2D eigenvalue weighted by Gasteiger charge is 2.38. The second-order valence-electron chi connectivity index (χ2n) is 9.89. The Balaban J connectivity index is 1.53. The van der Waals surface area contributed by atoms with Crippen LogP contribution in [0.1, 0.15) is 51.5 Å². The molecule has 220 valence electrons. The van der Waals surface area contributed by atoms with E-state index < -0.39 is 22.4 Å². The van der Waals surface area contributed by atoms with Gasteiger partial charge in [0.05, 0.1) is 11.0 Å². The fraction of sp³-hybridized carbons (Fsp3) is 0.536. The number of nitro groups is 1. The lowest BCUT2D eigenvalue weighted by molar-refractivity contribution is -0.388. The van der Waals surface area contributed by atoms with Crippen molar-refractivity contribution in [2.45, 2.75) is 64.3 Å². The number of hydrogen-bond acceptors (Lipinski definition) is 6. The van der Waals surface area contributed by atoms with Gasteiger partial charge in [-0.2, -0.15) is 13.2 Å². The van der Waals surface area contributed by atoms with Gasteiger partial charge in [-0.05, 0) is 63.3 Å². The minimum absolute atomic E-state index is 0.0393. The number of carbonyl (C=O) groups excluding carboxylic acids is 1. The summed E-state index contributed by atoms with van der Waals surface area (Å²) in [4.78, 5) is 26.2. The van der Waals surface area contributed by atoms with Gasteiger partial charge < -0.3 is 25.2 Å². The summed E-state index contributed by atoms with van der Waals surface area (Å²) >= 11 is 0. The summed E-state index contributed by atoms with van der Waals surface area (Å²) in [5.41, 5.74) is -1.10. The lowest BCUT2D eigenvalue weighted by Crippen LogP contribution is -2.51. The third-order valence-electron chi connectivity index (χ3n) is 7.09. The number of allylic oxidation sites excluding steroid dienone is 3. The maximum atomic E-state index is 13.3. The van der Waals surface area contributed by atoms with Gasteiger partial charge in [-0.1, -0.05) is 13.5 Å². The number of hydrogen-bond donors (Lipinski definition) is 2. The standard InChI is InChI=1S/C28H38F3N5O4/c1-4-13-32-27(37)35-16-14-34(15-17-35)22(5-2)19-23(6-3)40-24-10-7-20(8-11-24)33-21-9-12-26(36(38)39)25(18-21)28(29,30)31/h5-6,9,12,18-20,24,33H,2,4,7-8,10-11,13-17H2,1,3H3,(H,32,37)/b22-19+,23-6+/t20-,24-. The van der Waals surface area contributed by atoms with Crippen LogP contribution in [0, 0.1) is 10.1 Å². The average Bonchev–Trinajstić information content (AvgIpc) is 2.94. The third kappa shape index (κ3) is 8.40. The van der Waals surface area contributed by atoms with Crippen LogP contribution in [0.25, 0.3) is 0 Å². The molecule has 0 unspecified atom stereocenters. The smallest absolute Gasteiger partial charge is 0.423 e. The molecule has 1 aromatic carbocycles. The zero-order valence-corrected chi connectivity index (χ0v) is 23.0. The SMILES string of the molecule is C=C/C(=C\C(=C/C)O[C@H]1CC[C@H](Nc2ccc([N+](=O)[O-])c(C(F)(F)F)c2)CC1)N1CCN(C(=O)NCCC)CC1. The van der Waals surface area contributed by atoms with Crippen LogP contribution < -0.4 is 10.6 Å². The number of benzene rings is 1. The van der Waals surface area contributed by atoms with E-state index in [-0.39, 0.29) is 23.9 Å². The van der Waals surface area contributed by atoms with Crippen LogP contribution in [-0.4, -0.2) is 65.6 Å². The van der Waals surface area contributed by atoms with E-state index in [1.54, 1.807) is 6.08 Å². The molecule has 0 aromatic heterocycles. The molecular formula is C28H38F3N5O4. The summed E-state index contributed by atoms with van der Waals surface area (Å²) in [6.45, 7) is 11.1. The molecule has 1 aromatic rings. The van der Waals surface area contributed by atoms with E-state index in [2.05, 4.69) is 22.1 Å². The van der Waals surface area contributed by atoms with Gasteiger partial charge in [-0.3, -0.25) is 10.1 Å². The molecule has 0 bridgehead atoms. The summed E-state index contributed by atoms with van der Waals surface area (Å²) in [6, 6.07) is 2.90. The number of piperazine rings is 1. The first kappa shape index (κ1) is 30.8. The van der Waals surface area contributed by atoms with Gasteiger partial charge in [-0.15, -0.1) is 0 Å². The van der Waals surface area contributed by atoms with Gasteiger partial charge in [0.2, 0.25) is 0 Å². The molecule has 1 heterocycles. The molecule has 12 heteroatoms. The molecule has 3 rings (SSSR count). The monoisotopic (exact) mass is 565 g/mol. The summed E-state index contributed by atoms with van der Waals surface area (Å²) < 4.78 is 46.2. The minimum atomic E-state index is -4.82. The van der Waals surface area contributed by atoms with Crippen LogP contribution in [-0.2, 0) is 10.9 Å². The fourth-order valence-electron chi connectivity index (χ4n) is 4.89. The first-order valence-electron chi connectivity index (χ1n) is 13.6. The third-order valence-corrected chi connectivity index (χ3v) is 7.09. The van der Waals surface area contributed by atoms with E-state index >= 15 is 0 Å². The van der Waals surface area contributed by atoms with Gasteiger partial charge in [0.1, 0.15) is 11.3 Å². The fourth-order valence-corrected chi connectivity index (χ4v) is 4.89. The second-order valence-corrected chi connectivity index (χ2v) is 9.89. The Morgan fingerprint density at radius 2 is 1.82 bits per heavy atom. The molecule has 2 N–H and O–H groups in total. The Morgan fingerprint density at radius 3 is 2.38 bits per heavy atom. The molecule has 2 amide bonds. The molecule has 0 atom stereocenters. The van der Waals surface area contributed by atoms with Crippen molar-refractivity contribution in [3.63, 3.8) is 0 Å². The topological polar surface area (TPSA) is 100.0 Å². The number of alkyl halides is 3. The van der Waals surface area contributed by atoms with E-state index in [4.69, 9.17) is 4.74 Å². The Kier molecular flexibility index (Phi) is 10.9. The van der Waals surface area contributed by atoms with Gasteiger partial charge in [0, 0.05) is 62.3 Å². The largest absolute Gasteiger partial charge is 0.491 e. The van der Waals surface area contributed by atoms with Gasteiger partial charge in [0.25, 0.3) is 5.69 Å². The predicted octanol–water partition coefficient (Wildman–Crippen LogP) is 6.06. The minimum Gasteiger partial charge on any atom is -0.491 e. The molecule has 0 spiro atoms. The Hall–Kier alpha value is -3.70. The Bertz CT molecular complexity index is 1110. The number of amides is 2. The summed E-state index contributed by atoms with van der Waals surface area (Å²) in [5, 5.41) is 17.0. The van der Waals surface area contributed by atoms with Crippen LogP contribution >= 0.6 is 0 Å². The van der Waals surface area contributed by atoms with E-state index in [0.29, 0.717) is 64.2 Å². The summed E-state index contributed by atoms with van der Waals surface area (Å²) in [6.07, 6.45) is 4.41. The number of rotatable bonds is 10. The van der Waals surface area contributed by atoms with E-state index in [1.165, 1.54) is 6.07 Å². The average molecular weight is 566 g/mol. The number of carbonyl (C=O) groups is 1. The maximum Gasteiger partial charge on any atom is 0.423 e. The number of nitrogens with one attached hydrogen (secondary N) is 2. The van der Waals surface area contributed by atoms with Gasteiger partial charge >= 0.3 is 12.2 Å². The summed E-state index contributed by atoms with van der Waals surface area (Å²) in [7, 11) is 0. The predicted molar refractivity (Wildman–Crippen MR) is 148 cm³/mol. The quantitative estimate of drug-likeness (QED) is 0.155. The normalized spacial score (nSPS) is 20.6. The first-order valence-corrected chi connectivity index (χ1v) is 13.6. The van der Waals surface area contributed by atoms with Crippen molar-refractivity contribution < 1.29 is 27.6 Å². The molecule has 2 fully saturated rings. The van der Waals surface area contributed by atoms with Crippen LogP contribution in [0.3, 0.4) is 0 Å². The molecule has 0 radical (unpaired) electrons. The Labute approximate surface area is 232 Å². The zero-order valence-electron chi connectivity index (χ0n) is 23.0. The van der Waals surface area contributed by atoms with Crippen molar-refractivity contribution in [2.75, 3.05) is 38.0 Å². The molecular weight excluding hydrogens is 527 g/mol. The molecule has 1 aliphatic carbocycles. The van der Waals surface area contributed by atoms with E-state index in [0.717, 1.165) is 24.3 Å². The van der Waals surface area contributed by atoms with Crippen molar-refractivity contribution in [3.8, 4) is 0 Å². The number of urea groups is 1. The van der Waals surface area contributed by atoms with Gasteiger partial charge in [-0.25, -0.2) is 4.79 Å². The highest BCUT2D eigenvalue weighted by atomic mass is 19.4. The van der Waals surface area contributed by atoms with Crippen LogP contribution in [0.2, 0.25) is 0 Å². The van der Waals surface area contributed by atoms with Crippen molar-refractivity contribution in [1.29, 1.82) is 0 Å². The van der Waals surface area contributed by atoms with E-state index in [9.17, 15) is 28.1 Å². The second kappa shape index (κ2) is 14.1. The molecule has 1 saturated heterocycles. The highest BCUT2D eigenvalue weighted by molar-refractivity contribution is 5.74. The van der Waals surface area contributed by atoms with E-state index in [1.807, 2.05) is 30.9 Å². The number of anilines is 1. The zero-order chi connectivity index (χ0) is 29.3. The lowest BCUT2D eigenvalue weighted by Gasteiger charge is -2.36. The molecule has 2 aliphatic rings. The van der Waals surface area contributed by atoms with Gasteiger partial charge in [0.15, 0.2) is 0 Å². The van der Waals surface area contributed by atoms with Crippen LogP contribution in [0.5, 0.6) is 0 Å². The van der Waals surface area contributed by atoms with Crippen molar-refractivity contribution >= 4 is 17.4 Å². The highest BCUT2D eigenvalue weighted by Crippen LogP contribution is 2.38. The molecule has 1 aliphatic heterocycles. The molecule has 40 heavy (non-hydrogen) atoms. The van der Waals surface area contributed by atoms with Crippen molar-refractivity contribution in [2.24, 2.45) is 0 Å². The van der Waals surface area contributed by atoms with Crippen molar-refractivity contribution in [3.05, 3.63) is 70.1 Å². The molecule has 1 saturated carbocycles. The number of nitrogens with zero attached hydrogens (tertiary/aromatic N) is 3. The lowest BCUT2D eigenvalue weighted by atomic mass is 9.92. The van der Waals surface area contributed by atoms with Crippen LogP contribution in [0.4, 0.5) is 29.3 Å². The van der Waals surface area contributed by atoms with Crippen LogP contribution in [0.15, 0.2) is 54.5 Å².